The van der Waals surface area contributed by atoms with Gasteiger partial charge in [-0.05, 0) is 0 Å². The minimum atomic E-state index is -4.05. The van der Waals surface area contributed by atoms with Crippen LogP contribution < -0.4 is 0 Å². The van der Waals surface area contributed by atoms with Crippen molar-refractivity contribution in [3.8, 4) is 0 Å². The Labute approximate surface area is 68.1 Å². The predicted octanol–water partition coefficient (Wildman–Crippen LogP) is 0.812. The number of thiazole rings is 1. The van der Waals surface area contributed by atoms with Crippen LogP contribution in [0, 0.1) is 0 Å². The van der Waals surface area contributed by atoms with Crippen LogP contribution in [-0.2, 0) is 10.1 Å². The van der Waals surface area contributed by atoms with Gasteiger partial charge in [0, 0.05) is 11.6 Å². The Morgan fingerprint density at radius 1 is 1.60 bits per heavy atom. The van der Waals surface area contributed by atoms with E-state index in [0.29, 0.717) is 0 Å². The third kappa shape index (κ3) is 2.22. The molecule has 0 unspecified atom stereocenters. The minimum Gasteiger partial charge on any atom is -0.280 e. The molecule has 7 heteroatoms. The molecule has 0 radical (unpaired) electrons. The molecule has 1 aromatic heterocycles. The Hall–Kier alpha value is -0.170. The Morgan fingerprint density at radius 2 is 2.20 bits per heavy atom. The fourth-order valence-electron chi connectivity index (χ4n) is 0.338. The van der Waals surface area contributed by atoms with Crippen LogP contribution in [0.3, 0.4) is 0 Å². The zero-order valence-electron chi connectivity index (χ0n) is 4.59. The summed E-state index contributed by atoms with van der Waals surface area (Å²) in [6.45, 7) is 0. The molecule has 0 aliphatic heterocycles. The van der Waals surface area contributed by atoms with E-state index in [0.717, 1.165) is 11.3 Å². The zero-order chi connectivity index (χ0) is 6.91. The van der Waals surface area contributed by atoms with E-state index in [2.05, 4.69) is 4.98 Å². The van der Waals surface area contributed by atoms with Gasteiger partial charge in [0.1, 0.15) is 0 Å². The summed E-state index contributed by atoms with van der Waals surface area (Å²) in [5.41, 5.74) is 0. The number of rotatable bonds is 1. The summed E-state index contributed by atoms with van der Waals surface area (Å²) in [6.07, 6.45) is 1.31. The predicted molar refractivity (Wildman–Crippen MR) is 39.2 cm³/mol. The van der Waals surface area contributed by atoms with Gasteiger partial charge in [-0.3, -0.25) is 4.55 Å². The van der Waals surface area contributed by atoms with Crippen molar-refractivity contribution in [2.75, 3.05) is 0 Å². The second kappa shape index (κ2) is 3.29. The monoisotopic (exact) mass is 201 g/mol. The van der Waals surface area contributed by atoms with E-state index in [4.69, 9.17) is 4.55 Å². The van der Waals surface area contributed by atoms with Gasteiger partial charge >= 0.3 is 10.1 Å². The summed E-state index contributed by atoms with van der Waals surface area (Å²) in [5, 5.41) is 1.48. The van der Waals surface area contributed by atoms with Crippen molar-refractivity contribution in [3.05, 3.63) is 11.6 Å². The summed E-state index contributed by atoms with van der Waals surface area (Å²) < 4.78 is 28.4. The maximum atomic E-state index is 10.2. The Kier molecular flexibility index (Phi) is 3.23. The van der Waals surface area contributed by atoms with E-state index in [-0.39, 0.29) is 16.7 Å². The van der Waals surface area contributed by atoms with Crippen molar-refractivity contribution in [1.29, 1.82) is 0 Å². The normalized spacial score (nSPS) is 10.5. The molecule has 1 heterocycles. The Balaban J connectivity index is 0.000000810. The van der Waals surface area contributed by atoms with Crippen molar-refractivity contribution in [2.45, 2.75) is 4.34 Å². The van der Waals surface area contributed by atoms with E-state index in [1.807, 2.05) is 0 Å². The lowest BCUT2D eigenvalue weighted by Crippen LogP contribution is -1.95. The van der Waals surface area contributed by atoms with Crippen LogP contribution in [0.15, 0.2) is 15.9 Å². The topological polar surface area (TPSA) is 67.3 Å². The largest absolute Gasteiger partial charge is 0.322 e. The summed E-state index contributed by atoms with van der Waals surface area (Å²) >= 11 is 0.881. The van der Waals surface area contributed by atoms with Gasteiger partial charge in [-0.15, -0.1) is 23.7 Å². The van der Waals surface area contributed by atoms with Crippen LogP contribution >= 0.6 is 23.7 Å². The zero-order valence-corrected chi connectivity index (χ0v) is 7.04. The van der Waals surface area contributed by atoms with Gasteiger partial charge in [0.25, 0.3) is 0 Å². The Bertz CT molecular complexity index is 279. The number of hydrogen-bond acceptors (Lipinski definition) is 4. The first kappa shape index (κ1) is 9.83. The van der Waals surface area contributed by atoms with Crippen LogP contribution in [0.1, 0.15) is 0 Å². The van der Waals surface area contributed by atoms with Crippen molar-refractivity contribution in [2.24, 2.45) is 0 Å². The lowest BCUT2D eigenvalue weighted by atomic mass is 11.0. The molecule has 4 nitrogen and oxygen atoms in total. The highest BCUT2D eigenvalue weighted by molar-refractivity contribution is 7.87. The van der Waals surface area contributed by atoms with Crippen molar-refractivity contribution in [1.82, 2.24) is 4.98 Å². The number of halogens is 1. The summed E-state index contributed by atoms with van der Waals surface area (Å²) in [5.74, 6) is 0. The SMILES string of the molecule is Cl.O=S(=O)(O)c1nccs1. The van der Waals surface area contributed by atoms with Gasteiger partial charge in [-0.2, -0.15) is 8.42 Å². The molecule has 0 aromatic carbocycles. The first-order chi connectivity index (χ1) is 4.11. The molecule has 58 valence electrons. The van der Waals surface area contributed by atoms with Crippen molar-refractivity contribution < 1.29 is 13.0 Å². The molecule has 0 saturated carbocycles. The van der Waals surface area contributed by atoms with Crippen LogP contribution in [-0.4, -0.2) is 18.0 Å². The van der Waals surface area contributed by atoms with Crippen molar-refractivity contribution in [3.63, 3.8) is 0 Å². The van der Waals surface area contributed by atoms with Gasteiger partial charge in [0.15, 0.2) is 0 Å². The van der Waals surface area contributed by atoms with Gasteiger partial charge < -0.3 is 0 Å². The standard InChI is InChI=1S/C3H3NO3S2.ClH/c5-9(6,7)3-4-1-2-8-3;/h1-2H,(H,5,6,7);1H. The molecule has 10 heavy (non-hydrogen) atoms. The highest BCUT2D eigenvalue weighted by atomic mass is 35.5. The smallest absolute Gasteiger partial charge is 0.280 e. The molecule has 0 atom stereocenters. The second-order valence-corrected chi connectivity index (χ2v) is 3.76. The maximum Gasteiger partial charge on any atom is 0.322 e. The summed E-state index contributed by atoms with van der Waals surface area (Å²) in [6, 6.07) is 0. The molecular weight excluding hydrogens is 198 g/mol. The molecule has 0 spiro atoms. The third-order valence-electron chi connectivity index (χ3n) is 0.630. The molecule has 0 aliphatic carbocycles. The highest BCUT2D eigenvalue weighted by Crippen LogP contribution is 2.09. The Morgan fingerprint density at radius 3 is 2.40 bits per heavy atom. The lowest BCUT2D eigenvalue weighted by Gasteiger charge is -1.83. The molecule has 0 bridgehead atoms. The van der Waals surface area contributed by atoms with Crippen LogP contribution in [0.4, 0.5) is 0 Å². The number of aromatic nitrogens is 1. The molecule has 1 N–H and O–H groups in total. The lowest BCUT2D eigenvalue weighted by molar-refractivity contribution is 0.482. The van der Waals surface area contributed by atoms with Crippen LogP contribution in [0.5, 0.6) is 0 Å². The average Bonchev–Trinajstić information content (AvgIpc) is 2.08. The number of nitrogens with zero attached hydrogens (tertiary/aromatic N) is 1. The molecule has 0 fully saturated rings. The molecule has 1 aromatic rings. The fraction of sp³-hybridized carbons (Fsp3) is 0. The molecule has 0 amide bonds. The van der Waals surface area contributed by atoms with Gasteiger partial charge in [-0.1, -0.05) is 0 Å². The van der Waals surface area contributed by atoms with Crippen molar-refractivity contribution >= 4 is 33.9 Å². The summed E-state index contributed by atoms with van der Waals surface area (Å²) in [7, 11) is -4.05. The van der Waals surface area contributed by atoms with Gasteiger partial charge in [0.05, 0.1) is 0 Å². The molecule has 0 saturated heterocycles. The van der Waals surface area contributed by atoms with Crippen LogP contribution in [0.25, 0.3) is 0 Å². The van der Waals surface area contributed by atoms with E-state index >= 15 is 0 Å². The van der Waals surface area contributed by atoms with E-state index in [9.17, 15) is 8.42 Å². The maximum absolute atomic E-state index is 10.2. The number of hydrogen-bond donors (Lipinski definition) is 1. The van der Waals surface area contributed by atoms with Gasteiger partial charge in [0.2, 0.25) is 4.34 Å². The first-order valence-electron chi connectivity index (χ1n) is 1.97. The van der Waals surface area contributed by atoms with E-state index in [1.54, 1.807) is 0 Å². The highest BCUT2D eigenvalue weighted by Gasteiger charge is 2.10. The van der Waals surface area contributed by atoms with E-state index < -0.39 is 10.1 Å². The molecule has 1 rings (SSSR count). The fourth-order valence-corrected chi connectivity index (χ4v) is 1.54. The molecular formula is C3H4ClNO3S2. The quantitative estimate of drug-likeness (QED) is 0.683. The minimum absolute atomic E-state index is 0. The van der Waals surface area contributed by atoms with Gasteiger partial charge in [-0.25, -0.2) is 4.98 Å². The van der Waals surface area contributed by atoms with E-state index in [1.165, 1.54) is 11.6 Å². The summed E-state index contributed by atoms with van der Waals surface area (Å²) in [4.78, 5) is 3.37. The van der Waals surface area contributed by atoms with Crippen LogP contribution in [0.2, 0.25) is 0 Å². The average molecular weight is 202 g/mol. The molecule has 0 aliphatic rings. The third-order valence-corrected chi connectivity index (χ3v) is 2.66. The second-order valence-electron chi connectivity index (χ2n) is 1.27. The first-order valence-corrected chi connectivity index (χ1v) is 4.29.